The van der Waals surface area contributed by atoms with E-state index < -0.39 is 18.2 Å². The van der Waals surface area contributed by atoms with E-state index in [0.717, 1.165) is 31.5 Å². The van der Waals surface area contributed by atoms with Gasteiger partial charge in [0.25, 0.3) is 0 Å². The van der Waals surface area contributed by atoms with Crippen molar-refractivity contribution in [2.75, 3.05) is 26.7 Å². The Kier molecular flexibility index (Phi) is 14.9. The Bertz CT molecular complexity index is 634. The topological polar surface area (TPSA) is 67.9 Å². The van der Waals surface area contributed by atoms with Gasteiger partial charge in [0, 0.05) is 19.2 Å². The number of rotatable bonds is 16. The molecule has 0 aliphatic rings. The molecule has 1 rings (SSSR count). The molecule has 1 aromatic carbocycles. The standard InChI is InChI=1S/C25H40N2O4/c1-4-6-7-8-9-13-16-23(31-25(29)26-19-20-27(3)5-2)17-18-24(28)30-21-22-14-11-10-12-15-22/h10-12,14-15,17-18,23H,4-9,13,16,19-21H2,1-3H3,(H,26,29)/t23-/m0/s1. The summed E-state index contributed by atoms with van der Waals surface area (Å²) in [5.74, 6) is -0.439. The summed E-state index contributed by atoms with van der Waals surface area (Å²) in [6.07, 6.45) is 9.71. The number of esters is 1. The summed E-state index contributed by atoms with van der Waals surface area (Å²) in [6.45, 7) is 6.69. The fourth-order valence-electron chi connectivity index (χ4n) is 2.97. The van der Waals surface area contributed by atoms with Crippen LogP contribution in [0.25, 0.3) is 0 Å². The van der Waals surface area contributed by atoms with Crippen molar-refractivity contribution >= 4 is 12.1 Å². The number of ether oxygens (including phenoxy) is 2. The third-order valence-corrected chi connectivity index (χ3v) is 5.07. The summed E-state index contributed by atoms with van der Waals surface area (Å²) in [5.41, 5.74) is 0.931. The number of carbonyl (C=O) groups is 2. The molecule has 0 radical (unpaired) electrons. The molecule has 0 spiro atoms. The summed E-state index contributed by atoms with van der Waals surface area (Å²) < 4.78 is 10.8. The van der Waals surface area contributed by atoms with Crippen LogP contribution < -0.4 is 5.32 Å². The molecular formula is C25H40N2O4. The van der Waals surface area contributed by atoms with Crippen LogP contribution in [-0.4, -0.2) is 49.7 Å². The lowest BCUT2D eigenvalue weighted by Crippen LogP contribution is -2.34. The van der Waals surface area contributed by atoms with E-state index in [1.807, 2.05) is 37.4 Å². The van der Waals surface area contributed by atoms with Gasteiger partial charge in [-0.15, -0.1) is 0 Å². The van der Waals surface area contributed by atoms with E-state index in [0.29, 0.717) is 13.0 Å². The van der Waals surface area contributed by atoms with E-state index in [-0.39, 0.29) is 6.61 Å². The van der Waals surface area contributed by atoms with Crippen molar-refractivity contribution < 1.29 is 19.1 Å². The Labute approximate surface area is 188 Å². The predicted molar refractivity (Wildman–Crippen MR) is 125 cm³/mol. The Hall–Kier alpha value is -2.34. The van der Waals surface area contributed by atoms with E-state index in [9.17, 15) is 9.59 Å². The second kappa shape index (κ2) is 17.4. The molecule has 0 saturated carbocycles. The minimum atomic E-state index is -0.456. The first kappa shape index (κ1) is 26.7. The Morgan fingerprint density at radius 2 is 1.77 bits per heavy atom. The SMILES string of the molecule is CCCCCCCC[C@@H](C=CC(=O)OCc1ccccc1)OC(=O)NCCN(C)CC. The summed E-state index contributed by atoms with van der Waals surface area (Å²) in [5, 5.41) is 2.78. The van der Waals surface area contributed by atoms with Crippen LogP contribution in [0.1, 0.15) is 64.4 Å². The van der Waals surface area contributed by atoms with Gasteiger partial charge in [0.05, 0.1) is 0 Å². The lowest BCUT2D eigenvalue weighted by atomic mass is 10.1. The van der Waals surface area contributed by atoms with Gasteiger partial charge in [-0.05, 0) is 38.1 Å². The van der Waals surface area contributed by atoms with E-state index in [1.54, 1.807) is 6.08 Å². The van der Waals surface area contributed by atoms with Crippen LogP contribution in [0.3, 0.4) is 0 Å². The van der Waals surface area contributed by atoms with Crippen molar-refractivity contribution in [3.8, 4) is 0 Å². The van der Waals surface area contributed by atoms with Gasteiger partial charge >= 0.3 is 12.1 Å². The van der Waals surface area contributed by atoms with Crippen LogP contribution in [-0.2, 0) is 20.9 Å². The number of hydrogen-bond acceptors (Lipinski definition) is 5. The first-order chi connectivity index (χ1) is 15.0. The molecule has 1 amide bonds. The number of amides is 1. The molecule has 0 bridgehead atoms. The zero-order valence-corrected chi connectivity index (χ0v) is 19.5. The lowest BCUT2D eigenvalue weighted by Gasteiger charge is -2.17. The number of nitrogens with one attached hydrogen (secondary N) is 1. The molecular weight excluding hydrogens is 392 g/mol. The fourth-order valence-corrected chi connectivity index (χ4v) is 2.97. The molecule has 0 aromatic heterocycles. The molecule has 6 heteroatoms. The third kappa shape index (κ3) is 14.3. The zero-order chi connectivity index (χ0) is 22.7. The van der Waals surface area contributed by atoms with Crippen molar-refractivity contribution in [1.82, 2.24) is 10.2 Å². The van der Waals surface area contributed by atoms with Gasteiger partial charge in [-0.3, -0.25) is 0 Å². The highest BCUT2D eigenvalue weighted by Gasteiger charge is 2.12. The Morgan fingerprint density at radius 3 is 2.48 bits per heavy atom. The largest absolute Gasteiger partial charge is 0.458 e. The van der Waals surface area contributed by atoms with Gasteiger partial charge in [-0.1, -0.05) is 76.3 Å². The van der Waals surface area contributed by atoms with Gasteiger partial charge in [0.1, 0.15) is 12.7 Å². The van der Waals surface area contributed by atoms with Gasteiger partial charge in [0.2, 0.25) is 0 Å². The molecule has 0 aliphatic carbocycles. The monoisotopic (exact) mass is 432 g/mol. The highest BCUT2D eigenvalue weighted by atomic mass is 16.6. The van der Waals surface area contributed by atoms with Crippen LogP contribution in [0.15, 0.2) is 42.5 Å². The normalized spacial score (nSPS) is 12.1. The second-order valence-electron chi connectivity index (χ2n) is 7.78. The van der Waals surface area contributed by atoms with Gasteiger partial charge in [0.15, 0.2) is 0 Å². The van der Waals surface area contributed by atoms with E-state index in [1.165, 1.54) is 31.8 Å². The van der Waals surface area contributed by atoms with Gasteiger partial charge < -0.3 is 19.7 Å². The van der Waals surface area contributed by atoms with Crippen molar-refractivity contribution in [3.63, 3.8) is 0 Å². The van der Waals surface area contributed by atoms with E-state index in [2.05, 4.69) is 24.1 Å². The summed E-state index contributed by atoms with van der Waals surface area (Å²) in [4.78, 5) is 26.3. The molecule has 1 N–H and O–H groups in total. The quantitative estimate of drug-likeness (QED) is 0.224. The molecule has 0 aliphatic heterocycles. The Morgan fingerprint density at radius 1 is 1.06 bits per heavy atom. The first-order valence-corrected chi connectivity index (χ1v) is 11.6. The maximum absolute atomic E-state index is 12.2. The van der Waals surface area contributed by atoms with Crippen LogP contribution in [0, 0.1) is 0 Å². The average Bonchev–Trinajstić information content (AvgIpc) is 2.78. The molecule has 0 unspecified atom stereocenters. The maximum Gasteiger partial charge on any atom is 0.407 e. The van der Waals surface area contributed by atoms with Crippen molar-refractivity contribution in [2.45, 2.75) is 71.5 Å². The summed E-state index contributed by atoms with van der Waals surface area (Å²) in [6, 6.07) is 9.53. The number of unbranched alkanes of at least 4 members (excludes halogenated alkanes) is 5. The van der Waals surface area contributed by atoms with Crippen LogP contribution >= 0.6 is 0 Å². The van der Waals surface area contributed by atoms with Gasteiger partial charge in [-0.25, -0.2) is 9.59 Å². The molecule has 6 nitrogen and oxygen atoms in total. The molecule has 0 heterocycles. The minimum absolute atomic E-state index is 0.221. The van der Waals surface area contributed by atoms with Crippen LogP contribution in [0.4, 0.5) is 4.79 Å². The molecule has 0 saturated heterocycles. The fraction of sp³-hybridized carbons (Fsp3) is 0.600. The number of carbonyl (C=O) groups excluding carboxylic acids is 2. The summed E-state index contributed by atoms with van der Waals surface area (Å²) in [7, 11) is 2.00. The zero-order valence-electron chi connectivity index (χ0n) is 19.5. The molecule has 174 valence electrons. The number of likely N-dealkylation sites (N-methyl/N-ethyl adjacent to an activating group) is 1. The predicted octanol–water partition coefficient (Wildman–Crippen LogP) is 5.08. The highest BCUT2D eigenvalue weighted by molar-refractivity contribution is 5.82. The van der Waals surface area contributed by atoms with Gasteiger partial charge in [-0.2, -0.15) is 0 Å². The number of benzene rings is 1. The molecule has 1 atom stereocenters. The first-order valence-electron chi connectivity index (χ1n) is 11.6. The van der Waals surface area contributed by atoms with Crippen LogP contribution in [0.2, 0.25) is 0 Å². The van der Waals surface area contributed by atoms with E-state index in [4.69, 9.17) is 9.47 Å². The molecule has 1 aromatic rings. The molecule has 31 heavy (non-hydrogen) atoms. The van der Waals surface area contributed by atoms with Crippen molar-refractivity contribution in [3.05, 3.63) is 48.0 Å². The smallest absolute Gasteiger partial charge is 0.407 e. The molecule has 0 fully saturated rings. The Balaban J connectivity index is 2.48. The number of alkyl carbamates (subject to hydrolysis) is 1. The van der Waals surface area contributed by atoms with Crippen molar-refractivity contribution in [2.24, 2.45) is 0 Å². The lowest BCUT2D eigenvalue weighted by molar-refractivity contribution is -0.139. The van der Waals surface area contributed by atoms with E-state index >= 15 is 0 Å². The van der Waals surface area contributed by atoms with Crippen molar-refractivity contribution in [1.29, 1.82) is 0 Å². The highest BCUT2D eigenvalue weighted by Crippen LogP contribution is 2.12. The average molecular weight is 433 g/mol. The third-order valence-electron chi connectivity index (χ3n) is 5.07. The minimum Gasteiger partial charge on any atom is -0.458 e. The second-order valence-corrected chi connectivity index (χ2v) is 7.78. The van der Waals surface area contributed by atoms with Crippen LogP contribution in [0.5, 0.6) is 0 Å². The number of hydrogen-bond donors (Lipinski definition) is 1. The maximum atomic E-state index is 12.2. The number of nitrogens with zero attached hydrogens (tertiary/aromatic N) is 1. The summed E-state index contributed by atoms with van der Waals surface area (Å²) >= 11 is 0.